The van der Waals surface area contributed by atoms with Gasteiger partial charge in [-0.15, -0.1) is 25.6 Å². The first-order valence-corrected chi connectivity index (χ1v) is 3.68. The smallest absolute Gasteiger partial charge is 0.0166 e. The number of hydrogen-bond donors (Lipinski definition) is 0. The lowest BCUT2D eigenvalue weighted by Gasteiger charge is -2.22. The summed E-state index contributed by atoms with van der Waals surface area (Å²) in [6.45, 7) is 13.6. The molecule has 11 heavy (non-hydrogen) atoms. The minimum absolute atomic E-state index is 0. The first-order chi connectivity index (χ1) is 4.72. The Labute approximate surface area is 76.2 Å². The van der Waals surface area contributed by atoms with Crippen molar-refractivity contribution in [3.8, 4) is 0 Å². The van der Waals surface area contributed by atoms with E-state index in [1.807, 2.05) is 12.2 Å². The first kappa shape index (κ1) is 13.3. The van der Waals surface area contributed by atoms with Gasteiger partial charge in [0.1, 0.15) is 0 Å². The molecule has 0 aliphatic heterocycles. The van der Waals surface area contributed by atoms with Crippen molar-refractivity contribution in [3.63, 3.8) is 0 Å². The lowest BCUT2D eigenvalue weighted by atomic mass is 10.3. The van der Waals surface area contributed by atoms with Gasteiger partial charge in [-0.3, -0.25) is 4.90 Å². The van der Waals surface area contributed by atoms with Crippen LogP contribution in [0.1, 0.15) is 13.8 Å². The molecule has 0 unspecified atom stereocenters. The number of halogens is 1. The minimum atomic E-state index is 0. The van der Waals surface area contributed by atoms with Gasteiger partial charge in [0.05, 0.1) is 0 Å². The summed E-state index contributed by atoms with van der Waals surface area (Å²) in [6.07, 6.45) is 3.84. The molecule has 1 nitrogen and oxygen atoms in total. The second-order valence-corrected chi connectivity index (χ2v) is 2.63. The zero-order valence-corrected chi connectivity index (χ0v) is 8.23. The van der Waals surface area contributed by atoms with Crippen molar-refractivity contribution in [2.24, 2.45) is 0 Å². The summed E-state index contributed by atoms with van der Waals surface area (Å²) >= 11 is 0. The molecule has 0 aromatic rings. The molecule has 0 aromatic heterocycles. The standard InChI is InChI=1S/C9H17N.ClH/c1-5-7-10(8-6-2)9(3)4;/h5-6,9H,1-2,7-8H2,3-4H3;1H. The molecule has 0 amide bonds. The number of nitrogens with zero attached hydrogens (tertiary/aromatic N) is 1. The van der Waals surface area contributed by atoms with E-state index in [9.17, 15) is 0 Å². The lowest BCUT2D eigenvalue weighted by molar-refractivity contribution is 0.273. The molecule has 0 bridgehead atoms. The summed E-state index contributed by atoms with van der Waals surface area (Å²) < 4.78 is 0. The molecular formula is C9H18ClN. The highest BCUT2D eigenvalue weighted by molar-refractivity contribution is 5.85. The van der Waals surface area contributed by atoms with E-state index >= 15 is 0 Å². The summed E-state index contributed by atoms with van der Waals surface area (Å²) in [5, 5.41) is 0. The van der Waals surface area contributed by atoms with E-state index < -0.39 is 0 Å². The van der Waals surface area contributed by atoms with Crippen molar-refractivity contribution in [1.82, 2.24) is 4.90 Å². The van der Waals surface area contributed by atoms with Crippen LogP contribution in [0, 0.1) is 0 Å². The fraction of sp³-hybridized carbons (Fsp3) is 0.556. The molecule has 0 aliphatic carbocycles. The van der Waals surface area contributed by atoms with E-state index in [1.165, 1.54) is 0 Å². The maximum absolute atomic E-state index is 3.69. The molecule has 0 N–H and O–H groups in total. The number of rotatable bonds is 5. The molecule has 0 radical (unpaired) electrons. The lowest BCUT2D eigenvalue weighted by Crippen LogP contribution is -2.30. The number of hydrogen-bond acceptors (Lipinski definition) is 1. The van der Waals surface area contributed by atoms with Crippen LogP contribution in [-0.4, -0.2) is 24.0 Å². The third-order valence-electron chi connectivity index (χ3n) is 1.46. The summed E-state index contributed by atoms with van der Waals surface area (Å²) in [5.74, 6) is 0. The minimum Gasteiger partial charge on any atom is -0.294 e. The Hall–Kier alpha value is -0.270. The normalized spacial score (nSPS) is 9.45. The van der Waals surface area contributed by atoms with Crippen molar-refractivity contribution in [3.05, 3.63) is 25.3 Å². The SMILES string of the molecule is C=CCN(CC=C)C(C)C.Cl. The van der Waals surface area contributed by atoms with Crippen molar-refractivity contribution < 1.29 is 0 Å². The van der Waals surface area contributed by atoms with Gasteiger partial charge in [0.15, 0.2) is 0 Å². The molecule has 0 spiro atoms. The molecule has 0 fully saturated rings. The third kappa shape index (κ3) is 6.14. The Morgan fingerprint density at radius 3 is 1.73 bits per heavy atom. The average Bonchev–Trinajstić information content (AvgIpc) is 1.87. The topological polar surface area (TPSA) is 3.24 Å². The summed E-state index contributed by atoms with van der Waals surface area (Å²) in [5.41, 5.74) is 0. The molecule has 0 rings (SSSR count). The van der Waals surface area contributed by atoms with Crippen LogP contribution in [0.4, 0.5) is 0 Å². The molecule has 0 saturated heterocycles. The van der Waals surface area contributed by atoms with Crippen molar-refractivity contribution in [1.29, 1.82) is 0 Å². The molecule has 2 heteroatoms. The quantitative estimate of drug-likeness (QED) is 0.581. The monoisotopic (exact) mass is 175 g/mol. The Morgan fingerprint density at radius 2 is 1.55 bits per heavy atom. The van der Waals surface area contributed by atoms with Gasteiger partial charge in [-0.1, -0.05) is 12.2 Å². The fourth-order valence-electron chi connectivity index (χ4n) is 0.828. The van der Waals surface area contributed by atoms with E-state index in [0.29, 0.717) is 6.04 Å². The summed E-state index contributed by atoms with van der Waals surface area (Å²) in [7, 11) is 0. The van der Waals surface area contributed by atoms with Crippen LogP contribution in [0.3, 0.4) is 0 Å². The molecule has 0 aromatic carbocycles. The van der Waals surface area contributed by atoms with Crippen LogP contribution in [0.2, 0.25) is 0 Å². The van der Waals surface area contributed by atoms with Crippen LogP contribution in [0.25, 0.3) is 0 Å². The van der Waals surface area contributed by atoms with Gasteiger partial charge in [0.2, 0.25) is 0 Å². The van der Waals surface area contributed by atoms with E-state index in [0.717, 1.165) is 13.1 Å². The van der Waals surface area contributed by atoms with Gasteiger partial charge in [0, 0.05) is 19.1 Å². The van der Waals surface area contributed by atoms with E-state index in [2.05, 4.69) is 31.9 Å². The van der Waals surface area contributed by atoms with Gasteiger partial charge < -0.3 is 0 Å². The van der Waals surface area contributed by atoms with Gasteiger partial charge in [-0.05, 0) is 13.8 Å². The highest BCUT2D eigenvalue weighted by atomic mass is 35.5. The molecule has 66 valence electrons. The first-order valence-electron chi connectivity index (χ1n) is 3.68. The van der Waals surface area contributed by atoms with Crippen LogP contribution in [0.15, 0.2) is 25.3 Å². The summed E-state index contributed by atoms with van der Waals surface area (Å²) in [6, 6.07) is 0.580. The highest BCUT2D eigenvalue weighted by Crippen LogP contribution is 1.96. The van der Waals surface area contributed by atoms with Crippen LogP contribution < -0.4 is 0 Å². The molecule has 0 saturated carbocycles. The predicted octanol–water partition coefficient (Wildman–Crippen LogP) is 2.49. The Morgan fingerprint density at radius 1 is 1.18 bits per heavy atom. The molecule has 0 aliphatic rings. The largest absolute Gasteiger partial charge is 0.294 e. The van der Waals surface area contributed by atoms with Crippen molar-refractivity contribution >= 4 is 12.4 Å². The molecule has 0 heterocycles. The maximum atomic E-state index is 3.69. The van der Waals surface area contributed by atoms with E-state index in [1.54, 1.807) is 0 Å². The van der Waals surface area contributed by atoms with Gasteiger partial charge in [-0.25, -0.2) is 0 Å². The third-order valence-corrected chi connectivity index (χ3v) is 1.46. The fourth-order valence-corrected chi connectivity index (χ4v) is 0.828. The van der Waals surface area contributed by atoms with Gasteiger partial charge in [-0.2, -0.15) is 0 Å². The predicted molar refractivity (Wildman–Crippen MR) is 54.4 cm³/mol. The average molecular weight is 176 g/mol. The van der Waals surface area contributed by atoms with Crippen molar-refractivity contribution in [2.75, 3.05) is 13.1 Å². The zero-order valence-electron chi connectivity index (χ0n) is 7.42. The van der Waals surface area contributed by atoms with Crippen LogP contribution in [0.5, 0.6) is 0 Å². The van der Waals surface area contributed by atoms with Crippen LogP contribution >= 0.6 is 12.4 Å². The Kier molecular flexibility index (Phi) is 9.49. The summed E-state index contributed by atoms with van der Waals surface area (Å²) in [4.78, 5) is 2.29. The second-order valence-electron chi connectivity index (χ2n) is 2.63. The highest BCUT2D eigenvalue weighted by Gasteiger charge is 2.03. The molecular weight excluding hydrogens is 158 g/mol. The zero-order chi connectivity index (χ0) is 7.98. The Bertz CT molecular complexity index is 100. The maximum Gasteiger partial charge on any atom is 0.0166 e. The van der Waals surface area contributed by atoms with Crippen molar-refractivity contribution in [2.45, 2.75) is 19.9 Å². The van der Waals surface area contributed by atoms with Gasteiger partial charge in [0.25, 0.3) is 0 Å². The molecule has 0 atom stereocenters. The van der Waals surface area contributed by atoms with E-state index in [4.69, 9.17) is 0 Å². The second kappa shape index (κ2) is 7.83. The Balaban J connectivity index is 0. The van der Waals surface area contributed by atoms with Crippen LogP contribution in [-0.2, 0) is 0 Å². The van der Waals surface area contributed by atoms with Gasteiger partial charge >= 0.3 is 0 Å². The van der Waals surface area contributed by atoms with E-state index in [-0.39, 0.29) is 12.4 Å².